The molecule has 106 valence electrons. The van der Waals surface area contributed by atoms with E-state index in [9.17, 15) is 4.79 Å². The van der Waals surface area contributed by atoms with E-state index in [-0.39, 0.29) is 18.1 Å². The van der Waals surface area contributed by atoms with Crippen LogP contribution in [-0.2, 0) is 11.3 Å². The third-order valence-electron chi connectivity index (χ3n) is 2.73. The van der Waals surface area contributed by atoms with Crippen LogP contribution in [0.25, 0.3) is 0 Å². The summed E-state index contributed by atoms with van der Waals surface area (Å²) in [4.78, 5) is 11.6. The number of nitrogen functional groups attached to an aromatic ring is 1. The molecule has 2 aromatic rings. The average molecular weight is 276 g/mol. The fourth-order valence-electron chi connectivity index (χ4n) is 1.69. The largest absolute Gasteiger partial charge is 0.497 e. The lowest BCUT2D eigenvalue weighted by molar-refractivity contribution is 0.0520. The predicted octanol–water partition coefficient (Wildman–Crippen LogP) is 1.09. The van der Waals surface area contributed by atoms with Crippen molar-refractivity contribution in [2.45, 2.75) is 13.5 Å². The van der Waals surface area contributed by atoms with Gasteiger partial charge in [-0.1, -0.05) is 17.3 Å². The van der Waals surface area contributed by atoms with E-state index < -0.39 is 5.97 Å². The molecule has 0 saturated heterocycles. The van der Waals surface area contributed by atoms with Crippen LogP contribution in [0.5, 0.6) is 5.75 Å². The standard InChI is InChI=1S/C13H16N4O3/c1-3-20-13(18)11-12(14)17(16-15-11)8-9-4-6-10(19-2)7-5-9/h4-7H,3,8,14H2,1-2H3. The second-order valence-corrected chi connectivity index (χ2v) is 4.05. The summed E-state index contributed by atoms with van der Waals surface area (Å²) in [5.41, 5.74) is 6.86. The highest BCUT2D eigenvalue weighted by molar-refractivity contribution is 5.91. The minimum absolute atomic E-state index is 0.0420. The maximum Gasteiger partial charge on any atom is 0.362 e. The number of hydrogen-bond donors (Lipinski definition) is 1. The highest BCUT2D eigenvalue weighted by Gasteiger charge is 2.18. The number of rotatable bonds is 5. The molecule has 0 bridgehead atoms. The Hall–Kier alpha value is -2.57. The fraction of sp³-hybridized carbons (Fsp3) is 0.308. The molecule has 2 rings (SSSR count). The monoisotopic (exact) mass is 276 g/mol. The Balaban J connectivity index is 2.15. The Morgan fingerprint density at radius 1 is 1.35 bits per heavy atom. The molecule has 0 saturated carbocycles. The first-order chi connectivity index (χ1) is 9.65. The molecule has 2 N–H and O–H groups in total. The van der Waals surface area contributed by atoms with Crippen molar-refractivity contribution in [2.75, 3.05) is 19.5 Å². The minimum atomic E-state index is -0.564. The minimum Gasteiger partial charge on any atom is -0.497 e. The van der Waals surface area contributed by atoms with Crippen LogP contribution < -0.4 is 10.5 Å². The van der Waals surface area contributed by atoms with Gasteiger partial charge in [0.1, 0.15) is 5.75 Å². The molecule has 0 radical (unpaired) electrons. The third kappa shape index (κ3) is 2.87. The molecular formula is C13H16N4O3. The maximum atomic E-state index is 11.6. The van der Waals surface area contributed by atoms with Gasteiger partial charge in [-0.15, -0.1) is 5.10 Å². The molecule has 1 aromatic heterocycles. The highest BCUT2D eigenvalue weighted by atomic mass is 16.5. The number of hydrogen-bond acceptors (Lipinski definition) is 6. The Labute approximate surface area is 116 Å². The second-order valence-electron chi connectivity index (χ2n) is 4.05. The highest BCUT2D eigenvalue weighted by Crippen LogP contribution is 2.15. The van der Waals surface area contributed by atoms with Crippen molar-refractivity contribution in [1.29, 1.82) is 0 Å². The quantitative estimate of drug-likeness (QED) is 0.822. The summed E-state index contributed by atoms with van der Waals surface area (Å²) in [5.74, 6) is 0.401. The first kappa shape index (κ1) is 13.9. The van der Waals surface area contributed by atoms with E-state index in [2.05, 4.69) is 10.3 Å². The molecule has 0 fully saturated rings. The Morgan fingerprint density at radius 3 is 2.65 bits per heavy atom. The molecule has 0 aliphatic heterocycles. The average Bonchev–Trinajstić information content (AvgIpc) is 2.81. The van der Waals surface area contributed by atoms with Crippen LogP contribution in [0.2, 0.25) is 0 Å². The lowest BCUT2D eigenvalue weighted by atomic mass is 10.2. The van der Waals surface area contributed by atoms with Crippen molar-refractivity contribution in [3.05, 3.63) is 35.5 Å². The SMILES string of the molecule is CCOC(=O)c1nnn(Cc2ccc(OC)cc2)c1N. The molecule has 0 atom stereocenters. The molecule has 7 nitrogen and oxygen atoms in total. The van der Waals surface area contributed by atoms with Gasteiger partial charge in [0, 0.05) is 0 Å². The van der Waals surface area contributed by atoms with Gasteiger partial charge < -0.3 is 15.2 Å². The lowest BCUT2D eigenvalue weighted by Crippen LogP contribution is -2.10. The molecule has 1 aromatic carbocycles. The van der Waals surface area contributed by atoms with Crippen LogP contribution in [0.4, 0.5) is 5.82 Å². The van der Waals surface area contributed by atoms with Gasteiger partial charge in [-0.3, -0.25) is 0 Å². The normalized spacial score (nSPS) is 10.3. The van der Waals surface area contributed by atoms with E-state index >= 15 is 0 Å². The van der Waals surface area contributed by atoms with Crippen molar-refractivity contribution in [2.24, 2.45) is 0 Å². The Bertz CT molecular complexity index is 592. The molecule has 0 aliphatic carbocycles. The Kier molecular flexibility index (Phi) is 4.19. The molecule has 0 aliphatic rings. The summed E-state index contributed by atoms with van der Waals surface area (Å²) in [6.45, 7) is 2.40. The first-order valence-corrected chi connectivity index (χ1v) is 6.14. The van der Waals surface area contributed by atoms with Crippen LogP contribution in [0.3, 0.4) is 0 Å². The zero-order valence-electron chi connectivity index (χ0n) is 11.4. The van der Waals surface area contributed by atoms with Gasteiger partial charge >= 0.3 is 5.97 Å². The van der Waals surface area contributed by atoms with Crippen LogP contribution in [0, 0.1) is 0 Å². The van der Waals surface area contributed by atoms with E-state index in [0.717, 1.165) is 11.3 Å². The number of nitrogens with two attached hydrogens (primary N) is 1. The van der Waals surface area contributed by atoms with Crippen molar-refractivity contribution in [3.63, 3.8) is 0 Å². The van der Waals surface area contributed by atoms with Gasteiger partial charge in [0.15, 0.2) is 5.82 Å². The van der Waals surface area contributed by atoms with Gasteiger partial charge in [-0.2, -0.15) is 0 Å². The molecular weight excluding hydrogens is 260 g/mol. The molecule has 20 heavy (non-hydrogen) atoms. The van der Waals surface area contributed by atoms with Crippen molar-refractivity contribution < 1.29 is 14.3 Å². The number of aromatic nitrogens is 3. The van der Waals surface area contributed by atoms with Gasteiger partial charge in [0.05, 0.1) is 20.3 Å². The molecule has 1 heterocycles. The van der Waals surface area contributed by atoms with Gasteiger partial charge in [-0.25, -0.2) is 9.48 Å². The fourth-order valence-corrected chi connectivity index (χ4v) is 1.69. The number of nitrogens with zero attached hydrogens (tertiary/aromatic N) is 3. The number of carbonyl (C=O) groups excluding carboxylic acids is 1. The topological polar surface area (TPSA) is 92.3 Å². The lowest BCUT2D eigenvalue weighted by Gasteiger charge is -2.05. The summed E-state index contributed by atoms with van der Waals surface area (Å²) in [6, 6.07) is 7.47. The molecule has 0 unspecified atom stereocenters. The van der Waals surface area contributed by atoms with Crippen molar-refractivity contribution >= 4 is 11.8 Å². The number of esters is 1. The Morgan fingerprint density at radius 2 is 2.05 bits per heavy atom. The van der Waals surface area contributed by atoms with Crippen molar-refractivity contribution in [3.8, 4) is 5.75 Å². The second kappa shape index (κ2) is 6.05. The van der Waals surface area contributed by atoms with E-state index in [4.69, 9.17) is 15.2 Å². The number of carbonyl (C=O) groups is 1. The number of ether oxygens (including phenoxy) is 2. The van der Waals surface area contributed by atoms with E-state index in [1.54, 1.807) is 14.0 Å². The number of benzene rings is 1. The van der Waals surface area contributed by atoms with Crippen molar-refractivity contribution in [1.82, 2.24) is 15.0 Å². The zero-order valence-corrected chi connectivity index (χ0v) is 11.4. The summed E-state index contributed by atoms with van der Waals surface area (Å²) >= 11 is 0. The molecule has 0 spiro atoms. The third-order valence-corrected chi connectivity index (χ3v) is 2.73. The summed E-state index contributed by atoms with van der Waals surface area (Å²) < 4.78 is 11.4. The van der Waals surface area contributed by atoms with Crippen LogP contribution in [-0.4, -0.2) is 34.7 Å². The predicted molar refractivity (Wildman–Crippen MR) is 72.5 cm³/mol. The van der Waals surface area contributed by atoms with Crippen LogP contribution in [0.15, 0.2) is 24.3 Å². The van der Waals surface area contributed by atoms with E-state index in [1.807, 2.05) is 24.3 Å². The number of anilines is 1. The molecule has 7 heteroatoms. The summed E-state index contributed by atoms with van der Waals surface area (Å²) in [7, 11) is 1.61. The van der Waals surface area contributed by atoms with Gasteiger partial charge in [0.25, 0.3) is 0 Å². The van der Waals surface area contributed by atoms with Gasteiger partial charge in [-0.05, 0) is 24.6 Å². The van der Waals surface area contributed by atoms with E-state index in [0.29, 0.717) is 6.54 Å². The summed E-state index contributed by atoms with van der Waals surface area (Å²) in [6.07, 6.45) is 0. The van der Waals surface area contributed by atoms with Crippen LogP contribution in [0.1, 0.15) is 23.0 Å². The number of methoxy groups -OCH3 is 1. The van der Waals surface area contributed by atoms with E-state index in [1.165, 1.54) is 4.68 Å². The maximum absolute atomic E-state index is 11.6. The van der Waals surface area contributed by atoms with Gasteiger partial charge in [0.2, 0.25) is 5.69 Å². The molecule has 0 amide bonds. The first-order valence-electron chi connectivity index (χ1n) is 6.14. The zero-order chi connectivity index (χ0) is 14.5. The van der Waals surface area contributed by atoms with Crippen LogP contribution >= 0.6 is 0 Å². The smallest absolute Gasteiger partial charge is 0.362 e. The summed E-state index contributed by atoms with van der Waals surface area (Å²) in [5, 5.41) is 7.62.